The Balaban J connectivity index is 1.63. The second kappa shape index (κ2) is 9.45. The number of imide groups is 1. The topological polar surface area (TPSA) is 37.4 Å². The number of amides is 2. The lowest BCUT2D eigenvalue weighted by atomic mass is 9.96. The van der Waals surface area contributed by atoms with E-state index in [-0.39, 0.29) is 39.0 Å². The van der Waals surface area contributed by atoms with Gasteiger partial charge in [0.05, 0.1) is 39.2 Å². The van der Waals surface area contributed by atoms with Gasteiger partial charge in [-0.3, -0.25) is 14.5 Å². The summed E-state index contributed by atoms with van der Waals surface area (Å²) in [6.45, 7) is 0.0346. The van der Waals surface area contributed by atoms with Gasteiger partial charge in [0.2, 0.25) is 0 Å². The highest BCUT2D eigenvalue weighted by atomic mass is 35.5. The fraction of sp³-hybridized carbons (Fsp3) is 0.120. The van der Waals surface area contributed by atoms with E-state index < -0.39 is 12.6 Å². The van der Waals surface area contributed by atoms with E-state index in [2.05, 4.69) is 0 Å². The molecule has 0 unspecified atom stereocenters. The molecule has 2 amide bonds. The van der Waals surface area contributed by atoms with Gasteiger partial charge in [0.25, 0.3) is 11.8 Å². The van der Waals surface area contributed by atoms with Crippen molar-refractivity contribution in [1.29, 1.82) is 0 Å². The highest BCUT2D eigenvalue weighted by Crippen LogP contribution is 2.36. The van der Waals surface area contributed by atoms with Crippen LogP contribution >= 0.6 is 34.8 Å². The van der Waals surface area contributed by atoms with E-state index in [0.29, 0.717) is 27.8 Å². The SMILES string of the molecule is O=C1c2ccccc2C(=O)N1Cc1ccc(/C(=C\CC(F)(F)F)c2cc(Cl)c(Cl)c(Cl)c2)cc1. The number of hydrogen-bond acceptors (Lipinski definition) is 2. The number of benzene rings is 3. The van der Waals surface area contributed by atoms with Gasteiger partial charge in [-0.2, -0.15) is 13.2 Å². The van der Waals surface area contributed by atoms with Gasteiger partial charge >= 0.3 is 6.18 Å². The zero-order chi connectivity index (χ0) is 24.6. The third-order valence-electron chi connectivity index (χ3n) is 5.32. The van der Waals surface area contributed by atoms with Gasteiger partial charge in [0.15, 0.2) is 0 Å². The van der Waals surface area contributed by atoms with Crippen molar-refractivity contribution in [2.45, 2.75) is 19.1 Å². The summed E-state index contributed by atoms with van der Waals surface area (Å²) >= 11 is 18.2. The molecule has 0 saturated heterocycles. The average molecular weight is 525 g/mol. The molecule has 174 valence electrons. The van der Waals surface area contributed by atoms with Crippen LogP contribution in [0.2, 0.25) is 15.1 Å². The maximum Gasteiger partial charge on any atom is 0.392 e. The second-order valence-electron chi connectivity index (χ2n) is 7.63. The van der Waals surface area contributed by atoms with E-state index in [9.17, 15) is 22.8 Å². The smallest absolute Gasteiger partial charge is 0.270 e. The lowest BCUT2D eigenvalue weighted by Crippen LogP contribution is -2.29. The molecule has 0 saturated carbocycles. The molecule has 3 aromatic carbocycles. The number of carbonyl (C=O) groups is 2. The minimum atomic E-state index is -4.41. The van der Waals surface area contributed by atoms with Crippen LogP contribution in [-0.4, -0.2) is 22.9 Å². The summed E-state index contributed by atoms with van der Waals surface area (Å²) in [7, 11) is 0. The van der Waals surface area contributed by atoms with Crippen LogP contribution < -0.4 is 0 Å². The normalized spacial score (nSPS) is 14.1. The van der Waals surface area contributed by atoms with Crippen LogP contribution in [0.3, 0.4) is 0 Å². The lowest BCUT2D eigenvalue weighted by Gasteiger charge is -2.15. The minimum absolute atomic E-state index is 0.0346. The van der Waals surface area contributed by atoms with Crippen LogP contribution in [-0.2, 0) is 6.54 Å². The maximum atomic E-state index is 13.0. The van der Waals surface area contributed by atoms with Gasteiger partial charge in [-0.25, -0.2) is 0 Å². The number of halogens is 6. The number of hydrogen-bond donors (Lipinski definition) is 0. The molecule has 0 atom stereocenters. The van der Waals surface area contributed by atoms with Crippen LogP contribution in [0.25, 0.3) is 5.57 Å². The van der Waals surface area contributed by atoms with E-state index in [0.717, 1.165) is 11.0 Å². The Morgan fingerprint density at radius 3 is 1.85 bits per heavy atom. The van der Waals surface area contributed by atoms with Crippen molar-refractivity contribution in [3.8, 4) is 0 Å². The Kier molecular flexibility index (Phi) is 6.76. The molecule has 1 aliphatic heterocycles. The summed E-state index contributed by atoms with van der Waals surface area (Å²) in [5.41, 5.74) is 2.45. The lowest BCUT2D eigenvalue weighted by molar-refractivity contribution is -0.124. The first kappa shape index (κ1) is 24.3. The number of nitrogens with zero attached hydrogens (tertiary/aromatic N) is 1. The van der Waals surface area contributed by atoms with Gasteiger partial charge in [0.1, 0.15) is 0 Å². The number of alkyl halides is 3. The third kappa shape index (κ3) is 4.99. The first-order valence-corrected chi connectivity index (χ1v) is 11.1. The third-order valence-corrected chi connectivity index (χ3v) is 6.51. The summed E-state index contributed by atoms with van der Waals surface area (Å²) in [6, 6.07) is 16.0. The molecule has 0 fully saturated rings. The van der Waals surface area contributed by atoms with E-state index in [1.165, 1.54) is 12.1 Å². The molecule has 34 heavy (non-hydrogen) atoms. The Bertz CT molecular complexity index is 1260. The minimum Gasteiger partial charge on any atom is -0.270 e. The first-order chi connectivity index (χ1) is 16.0. The van der Waals surface area contributed by atoms with Crippen molar-refractivity contribution < 1.29 is 22.8 Å². The molecule has 0 radical (unpaired) electrons. The predicted octanol–water partition coefficient (Wildman–Crippen LogP) is 7.83. The highest BCUT2D eigenvalue weighted by Gasteiger charge is 2.35. The van der Waals surface area contributed by atoms with E-state index in [1.54, 1.807) is 48.5 Å². The summed E-state index contributed by atoms with van der Waals surface area (Å²) in [5, 5.41) is 0.340. The van der Waals surface area contributed by atoms with E-state index in [4.69, 9.17) is 34.8 Å². The zero-order valence-electron chi connectivity index (χ0n) is 17.3. The van der Waals surface area contributed by atoms with Crippen LogP contribution in [0, 0.1) is 0 Å². The molecule has 4 rings (SSSR count). The molecule has 3 aromatic rings. The molecule has 0 spiro atoms. The van der Waals surface area contributed by atoms with Gasteiger partial charge in [-0.1, -0.05) is 77.3 Å². The zero-order valence-corrected chi connectivity index (χ0v) is 19.6. The largest absolute Gasteiger partial charge is 0.392 e. The standard InChI is InChI=1S/C25H15Cl3F3NO2/c26-20-11-16(12-21(27)22(20)28)17(9-10-25(29,30)31)15-7-5-14(6-8-15)13-32-23(33)18-3-1-2-4-19(18)24(32)34/h1-9,11-12H,10,13H2/b17-9+. The molecular weight excluding hydrogens is 510 g/mol. The maximum absolute atomic E-state index is 13.0. The molecular formula is C25H15Cl3F3NO2. The van der Waals surface area contributed by atoms with Crippen molar-refractivity contribution in [2.75, 3.05) is 0 Å². The van der Waals surface area contributed by atoms with Crippen LogP contribution in [0.4, 0.5) is 13.2 Å². The van der Waals surface area contributed by atoms with Crippen molar-refractivity contribution in [3.05, 3.63) is 110 Å². The molecule has 0 aliphatic carbocycles. The van der Waals surface area contributed by atoms with Crippen molar-refractivity contribution in [3.63, 3.8) is 0 Å². The van der Waals surface area contributed by atoms with E-state index >= 15 is 0 Å². The number of rotatable bonds is 5. The van der Waals surface area contributed by atoms with Gasteiger partial charge < -0.3 is 0 Å². The fourth-order valence-electron chi connectivity index (χ4n) is 3.69. The van der Waals surface area contributed by atoms with Crippen LogP contribution in [0.15, 0.2) is 66.7 Å². The Labute approximate surface area is 208 Å². The number of allylic oxidation sites excluding steroid dienone is 1. The number of fused-ring (bicyclic) bond motifs is 1. The van der Waals surface area contributed by atoms with E-state index in [1.807, 2.05) is 0 Å². The van der Waals surface area contributed by atoms with Crippen molar-refractivity contribution >= 4 is 52.2 Å². The Morgan fingerprint density at radius 1 is 0.824 bits per heavy atom. The van der Waals surface area contributed by atoms with Crippen LogP contribution in [0.1, 0.15) is 43.8 Å². The second-order valence-corrected chi connectivity index (χ2v) is 8.82. The van der Waals surface area contributed by atoms with Gasteiger partial charge in [-0.05, 0) is 46.5 Å². The monoisotopic (exact) mass is 523 g/mol. The summed E-state index contributed by atoms with van der Waals surface area (Å²) in [5.74, 6) is -0.776. The molecule has 0 bridgehead atoms. The van der Waals surface area contributed by atoms with Gasteiger partial charge in [0, 0.05) is 0 Å². The number of carbonyl (C=O) groups excluding carboxylic acids is 2. The summed E-state index contributed by atoms with van der Waals surface area (Å²) in [4.78, 5) is 26.3. The van der Waals surface area contributed by atoms with Crippen LogP contribution in [0.5, 0.6) is 0 Å². The molecule has 1 aliphatic rings. The Morgan fingerprint density at radius 2 is 1.35 bits per heavy atom. The summed E-state index contributed by atoms with van der Waals surface area (Å²) < 4.78 is 38.9. The first-order valence-electron chi connectivity index (χ1n) is 10.0. The predicted molar refractivity (Wildman–Crippen MR) is 126 cm³/mol. The van der Waals surface area contributed by atoms with Crippen molar-refractivity contribution in [2.24, 2.45) is 0 Å². The van der Waals surface area contributed by atoms with Crippen molar-refractivity contribution in [1.82, 2.24) is 4.90 Å². The highest BCUT2D eigenvalue weighted by molar-refractivity contribution is 6.48. The Hall–Kier alpha value is -2.80. The molecule has 0 N–H and O–H groups in total. The summed E-state index contributed by atoms with van der Waals surface area (Å²) in [6.07, 6.45) is -4.51. The molecule has 1 heterocycles. The molecule has 0 aromatic heterocycles. The molecule has 9 heteroatoms. The quantitative estimate of drug-likeness (QED) is 0.252. The fourth-order valence-corrected chi connectivity index (χ4v) is 4.28. The van der Waals surface area contributed by atoms with Gasteiger partial charge in [-0.15, -0.1) is 0 Å². The average Bonchev–Trinajstić information content (AvgIpc) is 3.03. The molecule has 3 nitrogen and oxygen atoms in total.